The van der Waals surface area contributed by atoms with Gasteiger partial charge in [0.25, 0.3) is 0 Å². The van der Waals surface area contributed by atoms with Crippen LogP contribution >= 0.6 is 0 Å². The molecule has 0 aromatic heterocycles. The lowest BCUT2D eigenvalue weighted by Gasteiger charge is -1.89. The van der Waals surface area contributed by atoms with Crippen molar-refractivity contribution in [3.8, 4) is 0 Å². The predicted octanol–water partition coefficient (Wildman–Crippen LogP) is 4.34. The van der Waals surface area contributed by atoms with Crippen LogP contribution < -0.4 is 0 Å². The topological polar surface area (TPSA) is 0 Å². The van der Waals surface area contributed by atoms with Gasteiger partial charge in [-0.2, -0.15) is 0 Å². The van der Waals surface area contributed by atoms with Gasteiger partial charge in [-0.3, -0.25) is 0 Å². The second kappa shape index (κ2) is 12.2. The highest BCUT2D eigenvalue weighted by Crippen LogP contribution is 1.99. The molecule has 0 N–H and O–H groups in total. The smallest absolute Gasteiger partial charge is 0.0142 e. The van der Waals surface area contributed by atoms with Crippen molar-refractivity contribution >= 4 is 0 Å². The lowest BCUT2D eigenvalue weighted by molar-refractivity contribution is 1.15. The molecule has 0 saturated heterocycles. The van der Waals surface area contributed by atoms with Crippen LogP contribution in [0.4, 0.5) is 0 Å². The van der Waals surface area contributed by atoms with Crippen LogP contribution in [0.1, 0.15) is 47.5 Å². The molecule has 0 bridgehead atoms. The fraction of sp³-hybridized carbons (Fsp3) is 0.636. The average Bonchev–Trinajstić information content (AvgIpc) is 2.08. The van der Waals surface area contributed by atoms with E-state index in [4.69, 9.17) is 0 Å². The summed E-state index contributed by atoms with van der Waals surface area (Å²) in [5.41, 5.74) is 1.44. The maximum absolute atomic E-state index is 2.22. The van der Waals surface area contributed by atoms with Gasteiger partial charge in [0.2, 0.25) is 0 Å². The molecule has 0 fully saturated rings. The Bertz CT molecular complexity index is 107. The van der Waals surface area contributed by atoms with Crippen molar-refractivity contribution in [3.05, 3.63) is 23.8 Å². The summed E-state index contributed by atoms with van der Waals surface area (Å²) in [4.78, 5) is 0. The van der Waals surface area contributed by atoms with E-state index >= 15 is 0 Å². The van der Waals surface area contributed by atoms with Crippen molar-refractivity contribution in [2.45, 2.75) is 47.5 Å². The van der Waals surface area contributed by atoms with Crippen LogP contribution in [-0.4, -0.2) is 0 Å². The van der Waals surface area contributed by atoms with Gasteiger partial charge in [-0.05, 0) is 26.7 Å². The Kier molecular flexibility index (Phi) is 14.5. The van der Waals surface area contributed by atoms with Gasteiger partial charge in [0.05, 0.1) is 0 Å². The number of hydrogen-bond acceptors (Lipinski definition) is 0. The molecular weight excluding hydrogens is 132 g/mol. The van der Waals surface area contributed by atoms with Gasteiger partial charge in [-0.25, -0.2) is 0 Å². The maximum atomic E-state index is 2.22. The molecule has 0 atom stereocenters. The van der Waals surface area contributed by atoms with E-state index in [1.165, 1.54) is 5.57 Å². The second-order valence-electron chi connectivity index (χ2n) is 2.22. The highest BCUT2D eigenvalue weighted by Gasteiger charge is 1.78. The number of allylic oxidation sites excluding steroid dienone is 4. The molecule has 11 heavy (non-hydrogen) atoms. The molecule has 0 heteroatoms. The summed E-state index contributed by atoms with van der Waals surface area (Å²) in [6, 6.07) is 0. The maximum Gasteiger partial charge on any atom is -0.0142 e. The lowest BCUT2D eigenvalue weighted by atomic mass is 10.2. The summed E-state index contributed by atoms with van der Waals surface area (Å²) in [6.07, 6.45) is 8.84. The highest BCUT2D eigenvalue weighted by molar-refractivity contribution is 5.02. The Labute approximate surface area is 72.0 Å². The number of hydrogen-bond donors (Lipinski definition) is 0. The standard InChI is InChI=1S/C9H16.C2H6/c1-4-6-7-8-9(3)5-2;1-2/h5-7H,4,8H2,1-3H3;1-2H3/b7-6-,9-5-;. The van der Waals surface area contributed by atoms with E-state index in [9.17, 15) is 0 Å². The van der Waals surface area contributed by atoms with E-state index < -0.39 is 0 Å². The molecule has 0 radical (unpaired) electrons. The van der Waals surface area contributed by atoms with Gasteiger partial charge in [-0.1, -0.05) is 44.6 Å². The van der Waals surface area contributed by atoms with E-state index in [2.05, 4.69) is 39.0 Å². The Hall–Kier alpha value is -0.520. The van der Waals surface area contributed by atoms with Crippen molar-refractivity contribution in [3.63, 3.8) is 0 Å². The quantitative estimate of drug-likeness (QED) is 0.531. The number of rotatable bonds is 3. The minimum Gasteiger partial charge on any atom is -0.0885 e. The normalized spacial score (nSPS) is 11.2. The van der Waals surface area contributed by atoms with Gasteiger partial charge >= 0.3 is 0 Å². The van der Waals surface area contributed by atoms with Crippen LogP contribution in [0.25, 0.3) is 0 Å². The van der Waals surface area contributed by atoms with Crippen LogP contribution in [0.15, 0.2) is 23.8 Å². The van der Waals surface area contributed by atoms with Crippen LogP contribution in [0.2, 0.25) is 0 Å². The third-order valence-electron chi connectivity index (χ3n) is 1.33. The van der Waals surface area contributed by atoms with Crippen molar-refractivity contribution in [1.29, 1.82) is 0 Å². The summed E-state index contributed by atoms with van der Waals surface area (Å²) in [7, 11) is 0. The molecule has 0 nitrogen and oxygen atoms in total. The Morgan fingerprint density at radius 3 is 2.09 bits per heavy atom. The molecule has 66 valence electrons. The molecule has 0 heterocycles. The minimum atomic E-state index is 1.12. The third kappa shape index (κ3) is 12.6. The summed E-state index contributed by atoms with van der Waals surface area (Å²) >= 11 is 0. The Morgan fingerprint density at radius 2 is 1.73 bits per heavy atom. The van der Waals surface area contributed by atoms with Gasteiger partial charge in [-0.15, -0.1) is 0 Å². The zero-order valence-electron chi connectivity index (χ0n) is 8.65. The van der Waals surface area contributed by atoms with Gasteiger partial charge in [0.15, 0.2) is 0 Å². The van der Waals surface area contributed by atoms with Crippen molar-refractivity contribution < 1.29 is 0 Å². The lowest BCUT2D eigenvalue weighted by Crippen LogP contribution is -1.69. The average molecular weight is 154 g/mol. The fourth-order valence-electron chi connectivity index (χ4n) is 0.554. The predicted molar refractivity (Wildman–Crippen MR) is 54.8 cm³/mol. The minimum absolute atomic E-state index is 1.12. The van der Waals surface area contributed by atoms with Crippen LogP contribution in [0.5, 0.6) is 0 Å². The van der Waals surface area contributed by atoms with E-state index in [1.54, 1.807) is 0 Å². The first-order valence-corrected chi connectivity index (χ1v) is 4.58. The van der Waals surface area contributed by atoms with Gasteiger partial charge in [0.1, 0.15) is 0 Å². The van der Waals surface area contributed by atoms with Crippen LogP contribution in [0, 0.1) is 0 Å². The largest absolute Gasteiger partial charge is 0.0885 e. The molecular formula is C11H22. The Balaban J connectivity index is 0. The second-order valence-corrected chi connectivity index (χ2v) is 2.22. The van der Waals surface area contributed by atoms with E-state index in [0.29, 0.717) is 0 Å². The van der Waals surface area contributed by atoms with Crippen molar-refractivity contribution in [2.75, 3.05) is 0 Å². The molecule has 0 aromatic rings. The summed E-state index contributed by atoms with van der Waals surface area (Å²) in [5, 5.41) is 0. The van der Waals surface area contributed by atoms with E-state index in [-0.39, 0.29) is 0 Å². The summed E-state index contributed by atoms with van der Waals surface area (Å²) in [6.45, 7) is 10.4. The molecule has 0 aliphatic heterocycles. The van der Waals surface area contributed by atoms with Gasteiger partial charge in [0, 0.05) is 0 Å². The van der Waals surface area contributed by atoms with Gasteiger partial charge < -0.3 is 0 Å². The molecule has 0 amide bonds. The molecule has 0 rings (SSSR count). The third-order valence-corrected chi connectivity index (χ3v) is 1.33. The first-order chi connectivity index (χ1) is 5.31. The Morgan fingerprint density at radius 1 is 1.18 bits per heavy atom. The zero-order valence-corrected chi connectivity index (χ0v) is 8.65. The molecule has 0 saturated carbocycles. The van der Waals surface area contributed by atoms with Crippen LogP contribution in [-0.2, 0) is 0 Å². The molecule has 0 aliphatic rings. The van der Waals surface area contributed by atoms with E-state index in [0.717, 1.165) is 12.8 Å². The molecule has 0 aromatic carbocycles. The summed E-state index contributed by atoms with van der Waals surface area (Å²) in [5.74, 6) is 0. The first kappa shape index (κ1) is 13.1. The monoisotopic (exact) mass is 154 g/mol. The molecule has 0 unspecified atom stereocenters. The molecule has 0 spiro atoms. The molecule has 0 aliphatic carbocycles. The zero-order chi connectivity index (χ0) is 9.11. The van der Waals surface area contributed by atoms with Crippen LogP contribution in [0.3, 0.4) is 0 Å². The van der Waals surface area contributed by atoms with Crippen molar-refractivity contribution in [1.82, 2.24) is 0 Å². The first-order valence-electron chi connectivity index (χ1n) is 4.58. The summed E-state index contributed by atoms with van der Waals surface area (Å²) < 4.78 is 0. The SMILES string of the molecule is C/C=C(/C)C/C=C\CC.CC. The fourth-order valence-corrected chi connectivity index (χ4v) is 0.554. The van der Waals surface area contributed by atoms with E-state index in [1.807, 2.05) is 13.8 Å². The highest BCUT2D eigenvalue weighted by atomic mass is 13.9. The van der Waals surface area contributed by atoms with Crippen molar-refractivity contribution in [2.24, 2.45) is 0 Å².